The Hall–Kier alpha value is -2.63. The maximum absolute atomic E-state index is 11.6. The van der Waals surface area contributed by atoms with E-state index in [2.05, 4.69) is 5.32 Å². The number of aryl methyl sites for hydroxylation is 1. The van der Waals surface area contributed by atoms with Crippen molar-refractivity contribution in [2.45, 2.75) is 19.4 Å². The summed E-state index contributed by atoms with van der Waals surface area (Å²) < 4.78 is 0. The lowest BCUT2D eigenvalue weighted by atomic mass is 10.1. The van der Waals surface area contributed by atoms with Crippen molar-refractivity contribution in [1.29, 1.82) is 0 Å². The van der Waals surface area contributed by atoms with E-state index in [4.69, 9.17) is 10.8 Å². The zero-order chi connectivity index (χ0) is 15.1. The van der Waals surface area contributed by atoms with Gasteiger partial charge in [-0.25, -0.2) is 4.79 Å². The summed E-state index contributed by atoms with van der Waals surface area (Å²) in [5, 5.41) is 11.1. The van der Waals surface area contributed by atoms with Gasteiger partial charge < -0.3 is 16.2 Å². The van der Waals surface area contributed by atoms with Gasteiger partial charge >= 0.3 is 5.97 Å². The van der Waals surface area contributed by atoms with Crippen molar-refractivity contribution in [3.8, 4) is 0 Å². The van der Waals surface area contributed by atoms with Gasteiger partial charge in [0.15, 0.2) is 0 Å². The summed E-state index contributed by atoms with van der Waals surface area (Å²) in [6.07, 6.45) is 2.35. The minimum Gasteiger partial charge on any atom is -0.480 e. The summed E-state index contributed by atoms with van der Waals surface area (Å²) in [7, 11) is 0. The number of aliphatic carboxylic acids is 1. The maximum Gasteiger partial charge on any atom is 0.326 e. The number of hydrogen-bond donors (Lipinski definition) is 3. The fraction of sp³-hybridized carbons (Fsp3) is 0.214. The van der Waals surface area contributed by atoms with Crippen LogP contribution >= 0.6 is 0 Å². The highest BCUT2D eigenvalue weighted by Gasteiger charge is 2.20. The Bertz CT molecular complexity index is 552. The van der Waals surface area contributed by atoms with Gasteiger partial charge in [0.05, 0.1) is 6.42 Å². The minimum absolute atomic E-state index is 0.445. The van der Waals surface area contributed by atoms with E-state index in [1.807, 2.05) is 31.2 Å². The molecule has 1 atom stereocenters. The first kappa shape index (κ1) is 15.4. The van der Waals surface area contributed by atoms with Crippen LogP contribution in [0.3, 0.4) is 0 Å². The van der Waals surface area contributed by atoms with Gasteiger partial charge in [0, 0.05) is 6.08 Å². The number of carboxylic acid groups (broad SMARTS) is 1. The molecule has 0 aromatic heterocycles. The Kier molecular flexibility index (Phi) is 5.46. The van der Waals surface area contributed by atoms with E-state index < -0.39 is 30.2 Å². The Morgan fingerprint density at radius 3 is 2.55 bits per heavy atom. The Labute approximate surface area is 116 Å². The van der Waals surface area contributed by atoms with Crippen molar-refractivity contribution in [2.24, 2.45) is 5.73 Å². The van der Waals surface area contributed by atoms with E-state index in [9.17, 15) is 14.4 Å². The van der Waals surface area contributed by atoms with Crippen LogP contribution in [0, 0.1) is 6.92 Å². The van der Waals surface area contributed by atoms with E-state index in [0.29, 0.717) is 0 Å². The monoisotopic (exact) mass is 276 g/mol. The molecule has 0 aliphatic rings. The van der Waals surface area contributed by atoms with Gasteiger partial charge in [-0.3, -0.25) is 9.59 Å². The van der Waals surface area contributed by atoms with Crippen LogP contribution in [-0.4, -0.2) is 28.9 Å². The second-order valence-electron chi connectivity index (χ2n) is 4.26. The van der Waals surface area contributed by atoms with E-state index in [1.165, 1.54) is 6.08 Å². The molecule has 6 nitrogen and oxygen atoms in total. The lowest BCUT2D eigenvalue weighted by Gasteiger charge is -2.10. The molecule has 0 aliphatic heterocycles. The van der Waals surface area contributed by atoms with Crippen molar-refractivity contribution >= 4 is 23.9 Å². The van der Waals surface area contributed by atoms with Gasteiger partial charge in [-0.15, -0.1) is 0 Å². The number of nitrogens with one attached hydrogen (secondary N) is 1. The summed E-state index contributed by atoms with van der Waals surface area (Å²) in [5.41, 5.74) is 6.76. The lowest BCUT2D eigenvalue weighted by Crippen LogP contribution is -2.42. The number of amides is 2. The third-order valence-electron chi connectivity index (χ3n) is 2.62. The molecular formula is C14H16N2O4. The average Bonchev–Trinajstić information content (AvgIpc) is 2.36. The molecule has 0 heterocycles. The van der Waals surface area contributed by atoms with Crippen molar-refractivity contribution in [3.63, 3.8) is 0 Å². The van der Waals surface area contributed by atoms with Crippen molar-refractivity contribution in [1.82, 2.24) is 5.32 Å². The molecule has 1 rings (SSSR count). The molecule has 4 N–H and O–H groups in total. The summed E-state index contributed by atoms with van der Waals surface area (Å²) >= 11 is 0. The zero-order valence-corrected chi connectivity index (χ0v) is 11.0. The quantitative estimate of drug-likeness (QED) is 0.655. The summed E-state index contributed by atoms with van der Waals surface area (Å²) in [5.74, 6) is -2.69. The molecular weight excluding hydrogens is 260 g/mol. The van der Waals surface area contributed by atoms with Crippen LogP contribution in [0.25, 0.3) is 6.08 Å². The molecule has 2 amide bonds. The number of hydrogen-bond acceptors (Lipinski definition) is 3. The minimum atomic E-state index is -1.32. The molecule has 0 saturated carbocycles. The number of nitrogens with two attached hydrogens (primary N) is 1. The third kappa shape index (κ3) is 4.93. The molecule has 0 spiro atoms. The fourth-order valence-corrected chi connectivity index (χ4v) is 1.56. The largest absolute Gasteiger partial charge is 0.480 e. The molecule has 1 aromatic carbocycles. The highest BCUT2D eigenvalue weighted by atomic mass is 16.4. The normalized spacial score (nSPS) is 12.1. The standard InChI is InChI=1S/C14H16N2O4/c1-9-4-2-3-5-10(9)6-7-13(18)16-11(14(19)20)8-12(15)17/h2-7,11H,8H2,1H3,(H2,15,17)(H,16,18)(H,19,20)/t11-/m0/s1. The average molecular weight is 276 g/mol. The van der Waals surface area contributed by atoms with Gasteiger partial charge in [0.1, 0.15) is 6.04 Å². The van der Waals surface area contributed by atoms with E-state index in [1.54, 1.807) is 6.08 Å². The molecule has 0 radical (unpaired) electrons. The molecule has 0 fully saturated rings. The third-order valence-corrected chi connectivity index (χ3v) is 2.62. The van der Waals surface area contributed by atoms with Crippen molar-refractivity contribution in [3.05, 3.63) is 41.5 Å². The Balaban J connectivity index is 2.69. The molecule has 0 aliphatic carbocycles. The van der Waals surface area contributed by atoms with E-state index in [0.717, 1.165) is 11.1 Å². The molecule has 0 saturated heterocycles. The van der Waals surface area contributed by atoms with Crippen molar-refractivity contribution < 1.29 is 19.5 Å². The lowest BCUT2D eigenvalue weighted by molar-refractivity contribution is -0.142. The van der Waals surface area contributed by atoms with Gasteiger partial charge in [0.2, 0.25) is 11.8 Å². The second-order valence-corrected chi connectivity index (χ2v) is 4.26. The fourth-order valence-electron chi connectivity index (χ4n) is 1.56. The predicted octanol–water partition coefficient (Wildman–Crippen LogP) is 0.453. The van der Waals surface area contributed by atoms with Crippen LogP contribution in [-0.2, 0) is 14.4 Å². The summed E-state index contributed by atoms with van der Waals surface area (Å²) in [6, 6.07) is 6.11. The van der Waals surface area contributed by atoms with Gasteiger partial charge in [0.25, 0.3) is 0 Å². The van der Waals surface area contributed by atoms with Gasteiger partial charge in [-0.2, -0.15) is 0 Å². The van der Waals surface area contributed by atoms with Gasteiger partial charge in [-0.1, -0.05) is 24.3 Å². The number of carbonyl (C=O) groups is 3. The van der Waals surface area contributed by atoms with Gasteiger partial charge in [-0.05, 0) is 24.1 Å². The first-order valence-corrected chi connectivity index (χ1v) is 5.95. The number of primary amides is 1. The van der Waals surface area contributed by atoms with Crippen LogP contribution < -0.4 is 11.1 Å². The first-order valence-electron chi connectivity index (χ1n) is 5.95. The SMILES string of the molecule is Cc1ccccc1C=CC(=O)N[C@@H](CC(N)=O)C(=O)O. The molecule has 20 heavy (non-hydrogen) atoms. The topological polar surface area (TPSA) is 109 Å². The number of benzene rings is 1. The van der Waals surface area contributed by atoms with E-state index >= 15 is 0 Å². The van der Waals surface area contributed by atoms with Crippen LogP contribution in [0.15, 0.2) is 30.3 Å². The number of rotatable bonds is 6. The van der Waals surface area contributed by atoms with E-state index in [-0.39, 0.29) is 0 Å². The van der Waals surface area contributed by atoms with Crippen LogP contribution in [0.5, 0.6) is 0 Å². The molecule has 6 heteroatoms. The van der Waals surface area contributed by atoms with Crippen LogP contribution in [0.4, 0.5) is 0 Å². The second kappa shape index (κ2) is 7.08. The smallest absolute Gasteiger partial charge is 0.326 e. The highest BCUT2D eigenvalue weighted by molar-refractivity contribution is 5.95. The predicted molar refractivity (Wildman–Crippen MR) is 73.6 cm³/mol. The molecule has 0 unspecified atom stereocenters. The molecule has 0 bridgehead atoms. The Morgan fingerprint density at radius 1 is 1.35 bits per heavy atom. The highest BCUT2D eigenvalue weighted by Crippen LogP contribution is 2.08. The first-order chi connectivity index (χ1) is 9.40. The molecule has 1 aromatic rings. The Morgan fingerprint density at radius 2 is 2.00 bits per heavy atom. The van der Waals surface area contributed by atoms with Crippen molar-refractivity contribution in [2.75, 3.05) is 0 Å². The number of carbonyl (C=O) groups excluding carboxylic acids is 2. The van der Waals surface area contributed by atoms with Crippen LogP contribution in [0.1, 0.15) is 17.5 Å². The summed E-state index contributed by atoms with van der Waals surface area (Å²) in [4.78, 5) is 33.2. The summed E-state index contributed by atoms with van der Waals surface area (Å²) in [6.45, 7) is 1.89. The zero-order valence-electron chi connectivity index (χ0n) is 11.0. The maximum atomic E-state index is 11.6. The molecule has 106 valence electrons. The number of carboxylic acids is 1. The van der Waals surface area contributed by atoms with Crippen LogP contribution in [0.2, 0.25) is 0 Å².